The normalized spacial score (nSPS) is 15.3. The van der Waals surface area contributed by atoms with Gasteiger partial charge in [0.2, 0.25) is 5.91 Å². The van der Waals surface area contributed by atoms with Crippen LogP contribution in [-0.2, 0) is 17.9 Å². The molecule has 0 spiro atoms. The van der Waals surface area contributed by atoms with Crippen molar-refractivity contribution in [1.82, 2.24) is 20.1 Å². The smallest absolute Gasteiger partial charge is 0.244 e. The molecular weight excluding hydrogens is 404 g/mol. The third-order valence-corrected chi connectivity index (χ3v) is 6.47. The van der Waals surface area contributed by atoms with Crippen molar-refractivity contribution in [2.45, 2.75) is 66.1 Å². The number of amides is 1. The zero-order valence-corrected chi connectivity index (χ0v) is 19.4. The molecule has 7 nitrogen and oxygen atoms in total. The fraction of sp³-hybridized carbons (Fsp3) is 0.480. The molecule has 3 heterocycles. The number of carbonyl (C=O) groups is 1. The van der Waals surface area contributed by atoms with Crippen molar-refractivity contribution < 1.29 is 13.8 Å². The van der Waals surface area contributed by atoms with Crippen LogP contribution in [-0.4, -0.2) is 39.1 Å². The predicted octanol–water partition coefficient (Wildman–Crippen LogP) is 4.65. The number of aromatic nitrogens is 2. The topological polar surface area (TPSA) is 75.6 Å². The number of nitrogens with zero attached hydrogens (tertiary/aromatic N) is 4. The van der Waals surface area contributed by atoms with Gasteiger partial charge in [-0.2, -0.15) is 0 Å². The second-order valence-electron chi connectivity index (χ2n) is 8.71. The molecule has 3 aromatic rings. The van der Waals surface area contributed by atoms with Crippen LogP contribution in [0.5, 0.6) is 0 Å². The molecule has 1 saturated heterocycles. The molecule has 4 rings (SSSR count). The van der Waals surface area contributed by atoms with Crippen LogP contribution in [0, 0.1) is 27.7 Å². The third-order valence-electron chi connectivity index (χ3n) is 6.47. The van der Waals surface area contributed by atoms with E-state index in [9.17, 15) is 4.79 Å². The second kappa shape index (κ2) is 9.69. The molecule has 0 unspecified atom stereocenters. The molecular formula is C25H32N4O3. The van der Waals surface area contributed by atoms with Crippen molar-refractivity contribution in [1.29, 1.82) is 0 Å². The summed E-state index contributed by atoms with van der Waals surface area (Å²) in [5, 5.41) is 8.28. The van der Waals surface area contributed by atoms with Gasteiger partial charge >= 0.3 is 0 Å². The van der Waals surface area contributed by atoms with Gasteiger partial charge in [-0.15, -0.1) is 0 Å². The first-order valence-electron chi connectivity index (χ1n) is 11.4. The summed E-state index contributed by atoms with van der Waals surface area (Å²) in [4.78, 5) is 18.2. The lowest BCUT2D eigenvalue weighted by Gasteiger charge is -2.36. The Morgan fingerprint density at radius 1 is 0.906 bits per heavy atom. The molecule has 2 aromatic heterocycles. The number of hydrogen-bond donors (Lipinski definition) is 0. The van der Waals surface area contributed by atoms with E-state index in [0.717, 1.165) is 65.5 Å². The minimum Gasteiger partial charge on any atom is -0.361 e. The van der Waals surface area contributed by atoms with Crippen molar-refractivity contribution in [2.24, 2.45) is 0 Å². The van der Waals surface area contributed by atoms with Crippen LogP contribution in [0.15, 0.2) is 39.4 Å². The fourth-order valence-electron chi connectivity index (χ4n) is 4.53. The standard InChI is InChI=1S/C25H32N4O3/c1-17-22(19(3)31-26-17)15-29(16-23-18(2)27-32-20(23)4)24(21-11-7-5-8-12-21)25(30)28-13-9-6-10-14-28/h5,7-8,11-12,24H,6,9-10,13-16H2,1-4H3/t24-/m0/s1. The van der Waals surface area contributed by atoms with Crippen molar-refractivity contribution >= 4 is 5.91 Å². The number of hydrogen-bond acceptors (Lipinski definition) is 6. The summed E-state index contributed by atoms with van der Waals surface area (Å²) in [5.74, 6) is 1.71. The summed E-state index contributed by atoms with van der Waals surface area (Å²) in [6.07, 6.45) is 3.30. The molecule has 1 fully saturated rings. The Morgan fingerprint density at radius 3 is 1.91 bits per heavy atom. The van der Waals surface area contributed by atoms with E-state index in [-0.39, 0.29) is 5.91 Å². The summed E-state index contributed by atoms with van der Waals surface area (Å²) in [6, 6.07) is 9.64. The van der Waals surface area contributed by atoms with Gasteiger partial charge in [-0.25, -0.2) is 0 Å². The minimum atomic E-state index is -0.420. The predicted molar refractivity (Wildman–Crippen MR) is 121 cm³/mol. The molecule has 1 aliphatic rings. The first kappa shape index (κ1) is 22.3. The molecule has 170 valence electrons. The minimum absolute atomic E-state index is 0.148. The largest absolute Gasteiger partial charge is 0.361 e. The van der Waals surface area contributed by atoms with Crippen LogP contribution in [0.1, 0.15) is 64.9 Å². The molecule has 0 N–H and O–H groups in total. The summed E-state index contributed by atoms with van der Waals surface area (Å²) in [5.41, 5.74) is 4.72. The summed E-state index contributed by atoms with van der Waals surface area (Å²) in [6.45, 7) is 10.5. The van der Waals surface area contributed by atoms with Crippen molar-refractivity contribution in [2.75, 3.05) is 13.1 Å². The maximum atomic E-state index is 13.9. The van der Waals surface area contributed by atoms with Crippen LogP contribution in [0.2, 0.25) is 0 Å². The third kappa shape index (κ3) is 4.63. The number of likely N-dealkylation sites (tertiary alicyclic amines) is 1. The number of aryl methyl sites for hydroxylation is 4. The van der Waals surface area contributed by atoms with Crippen molar-refractivity contribution in [3.05, 3.63) is 69.9 Å². The van der Waals surface area contributed by atoms with Gasteiger partial charge in [0.15, 0.2) is 0 Å². The lowest BCUT2D eigenvalue weighted by atomic mass is 9.99. The van der Waals surface area contributed by atoms with E-state index < -0.39 is 6.04 Å². The first-order valence-corrected chi connectivity index (χ1v) is 11.4. The molecule has 7 heteroatoms. The Balaban J connectivity index is 1.76. The van der Waals surface area contributed by atoms with Gasteiger partial charge in [-0.3, -0.25) is 9.69 Å². The van der Waals surface area contributed by atoms with Crippen LogP contribution in [0.4, 0.5) is 0 Å². The summed E-state index contributed by atoms with van der Waals surface area (Å²) < 4.78 is 10.9. The van der Waals surface area contributed by atoms with Crippen LogP contribution in [0.25, 0.3) is 0 Å². The van der Waals surface area contributed by atoms with E-state index in [0.29, 0.717) is 13.1 Å². The van der Waals surface area contributed by atoms with Gasteiger partial charge in [0.05, 0.1) is 11.4 Å². The molecule has 32 heavy (non-hydrogen) atoms. The molecule has 1 atom stereocenters. The molecule has 0 aliphatic carbocycles. The lowest BCUT2D eigenvalue weighted by molar-refractivity contribution is -0.138. The van der Waals surface area contributed by atoms with Crippen LogP contribution < -0.4 is 0 Å². The number of carbonyl (C=O) groups excluding carboxylic acids is 1. The zero-order valence-electron chi connectivity index (χ0n) is 19.4. The Kier molecular flexibility index (Phi) is 6.74. The van der Waals surface area contributed by atoms with Gasteiger partial charge in [-0.1, -0.05) is 40.6 Å². The maximum Gasteiger partial charge on any atom is 0.244 e. The van der Waals surface area contributed by atoms with Gasteiger partial charge in [0.1, 0.15) is 17.6 Å². The monoisotopic (exact) mass is 436 g/mol. The Hall–Kier alpha value is -2.93. The summed E-state index contributed by atoms with van der Waals surface area (Å²) in [7, 11) is 0. The van der Waals surface area contributed by atoms with E-state index in [2.05, 4.69) is 15.2 Å². The fourth-order valence-corrected chi connectivity index (χ4v) is 4.53. The van der Waals surface area contributed by atoms with Gasteiger partial charge in [0, 0.05) is 37.3 Å². The average Bonchev–Trinajstić information content (AvgIpc) is 3.30. The second-order valence-corrected chi connectivity index (χ2v) is 8.71. The van der Waals surface area contributed by atoms with E-state index in [1.807, 2.05) is 62.9 Å². The quantitative estimate of drug-likeness (QED) is 0.537. The summed E-state index contributed by atoms with van der Waals surface area (Å²) >= 11 is 0. The molecule has 1 aromatic carbocycles. The highest BCUT2D eigenvalue weighted by Crippen LogP contribution is 2.31. The van der Waals surface area contributed by atoms with Crippen LogP contribution >= 0.6 is 0 Å². The van der Waals surface area contributed by atoms with E-state index in [1.54, 1.807) is 0 Å². The highest BCUT2D eigenvalue weighted by molar-refractivity contribution is 5.83. The molecule has 0 saturated carbocycles. The van der Waals surface area contributed by atoms with E-state index in [1.165, 1.54) is 6.42 Å². The molecule has 0 radical (unpaired) electrons. The van der Waals surface area contributed by atoms with Gasteiger partial charge < -0.3 is 13.9 Å². The van der Waals surface area contributed by atoms with Gasteiger partial charge in [-0.05, 0) is 52.5 Å². The first-order chi connectivity index (χ1) is 15.5. The number of piperidine rings is 1. The number of rotatable bonds is 7. The highest BCUT2D eigenvalue weighted by Gasteiger charge is 2.34. The maximum absolute atomic E-state index is 13.9. The SMILES string of the molecule is Cc1noc(C)c1CN(Cc1c(C)noc1C)[C@H](C(=O)N1CCCCC1)c1ccccc1. The Bertz CT molecular complexity index is 963. The highest BCUT2D eigenvalue weighted by atomic mass is 16.5. The molecule has 0 bridgehead atoms. The van der Waals surface area contributed by atoms with Gasteiger partial charge in [0.25, 0.3) is 0 Å². The zero-order chi connectivity index (χ0) is 22.7. The van der Waals surface area contributed by atoms with Crippen molar-refractivity contribution in [3.8, 4) is 0 Å². The molecule has 1 aliphatic heterocycles. The van der Waals surface area contributed by atoms with E-state index >= 15 is 0 Å². The number of benzene rings is 1. The van der Waals surface area contributed by atoms with Crippen molar-refractivity contribution in [3.63, 3.8) is 0 Å². The Labute approximate surface area is 189 Å². The average molecular weight is 437 g/mol. The lowest BCUT2D eigenvalue weighted by Crippen LogP contribution is -2.44. The Morgan fingerprint density at radius 2 is 1.44 bits per heavy atom. The van der Waals surface area contributed by atoms with Crippen LogP contribution in [0.3, 0.4) is 0 Å². The molecule has 1 amide bonds. The van der Waals surface area contributed by atoms with E-state index in [4.69, 9.17) is 9.05 Å².